The minimum absolute atomic E-state index is 0.147. The zero-order valence-electron chi connectivity index (χ0n) is 19.0. The zero-order valence-corrected chi connectivity index (χ0v) is 19.0. The Hall–Kier alpha value is -3.51. The molecule has 186 valence electrons. The first kappa shape index (κ1) is 23.2. The summed E-state index contributed by atoms with van der Waals surface area (Å²) in [6.45, 7) is 5.05. The molecule has 3 aliphatic heterocycles. The molecule has 2 aromatic carbocycles. The number of hydrogen-bond acceptors (Lipinski definition) is 8. The van der Waals surface area contributed by atoms with E-state index >= 15 is 0 Å². The van der Waals surface area contributed by atoms with E-state index in [9.17, 15) is 22.8 Å². The van der Waals surface area contributed by atoms with Gasteiger partial charge in [-0.15, -0.1) is 0 Å². The Morgan fingerprint density at radius 3 is 2.57 bits per heavy atom. The van der Waals surface area contributed by atoms with Crippen LogP contribution in [0.1, 0.15) is 13.8 Å². The Kier molecular flexibility index (Phi) is 5.52. The Balaban J connectivity index is 1.56. The maximum Gasteiger partial charge on any atom is 0.492 e. The van der Waals surface area contributed by atoms with Gasteiger partial charge in [-0.25, -0.2) is 4.79 Å². The Morgan fingerprint density at radius 1 is 1.23 bits per heavy atom. The summed E-state index contributed by atoms with van der Waals surface area (Å²) in [7, 11) is 0. The van der Waals surface area contributed by atoms with Crippen molar-refractivity contribution in [2.24, 2.45) is 0 Å². The van der Waals surface area contributed by atoms with Crippen LogP contribution in [-0.2, 0) is 14.4 Å². The Morgan fingerprint density at radius 2 is 1.94 bits per heavy atom. The molecule has 3 N–H and O–H groups in total. The predicted molar refractivity (Wildman–Crippen MR) is 120 cm³/mol. The first-order chi connectivity index (χ1) is 16.6. The van der Waals surface area contributed by atoms with Gasteiger partial charge in [-0.05, 0) is 36.7 Å². The number of anilines is 2. The SMILES string of the molecule is CC1C(=O)NN(OC(=O)C(F)(F)F)C2COc3cc(-c4ccccc4)c(NC4(C)CNC4)cc3N12. The third-order valence-electron chi connectivity index (χ3n) is 6.34. The van der Waals surface area contributed by atoms with Crippen molar-refractivity contribution in [2.45, 2.75) is 37.8 Å². The maximum absolute atomic E-state index is 12.8. The highest BCUT2D eigenvalue weighted by Gasteiger charge is 2.49. The van der Waals surface area contributed by atoms with Crippen molar-refractivity contribution in [1.29, 1.82) is 0 Å². The van der Waals surface area contributed by atoms with Crippen molar-refractivity contribution in [2.75, 3.05) is 29.9 Å². The molecule has 2 fully saturated rings. The van der Waals surface area contributed by atoms with Crippen molar-refractivity contribution in [3.63, 3.8) is 0 Å². The van der Waals surface area contributed by atoms with Crippen LogP contribution in [0.2, 0.25) is 0 Å². The van der Waals surface area contributed by atoms with E-state index in [2.05, 4.69) is 27.8 Å². The highest BCUT2D eigenvalue weighted by atomic mass is 19.4. The molecule has 0 aliphatic carbocycles. The number of alkyl halides is 3. The van der Waals surface area contributed by atoms with Gasteiger partial charge in [0.15, 0.2) is 6.17 Å². The number of hydrazine groups is 1. The van der Waals surface area contributed by atoms with Gasteiger partial charge in [-0.2, -0.15) is 13.2 Å². The van der Waals surface area contributed by atoms with E-state index in [0.29, 0.717) is 16.6 Å². The molecule has 0 bridgehead atoms. The number of benzene rings is 2. The van der Waals surface area contributed by atoms with Crippen LogP contribution in [0.4, 0.5) is 24.5 Å². The number of hydroxylamine groups is 1. The summed E-state index contributed by atoms with van der Waals surface area (Å²) in [6.07, 6.45) is -6.22. The van der Waals surface area contributed by atoms with Crippen LogP contribution in [0.3, 0.4) is 0 Å². The summed E-state index contributed by atoms with van der Waals surface area (Å²) >= 11 is 0. The third kappa shape index (κ3) is 4.23. The second-order valence-electron chi connectivity index (χ2n) is 9.07. The summed E-state index contributed by atoms with van der Waals surface area (Å²) < 4.78 is 44.4. The second kappa shape index (κ2) is 8.31. The fourth-order valence-electron chi connectivity index (χ4n) is 4.44. The lowest BCUT2D eigenvalue weighted by atomic mass is 9.92. The Labute approximate surface area is 199 Å². The molecule has 2 aromatic rings. The van der Waals surface area contributed by atoms with Gasteiger partial charge in [0.25, 0.3) is 5.91 Å². The molecule has 0 saturated carbocycles. The highest BCUT2D eigenvalue weighted by molar-refractivity contribution is 5.90. The number of carbonyl (C=O) groups is 2. The van der Waals surface area contributed by atoms with Crippen LogP contribution in [0.5, 0.6) is 5.75 Å². The molecule has 3 aliphatic rings. The quantitative estimate of drug-likeness (QED) is 0.601. The van der Waals surface area contributed by atoms with Crippen LogP contribution in [-0.4, -0.2) is 60.7 Å². The van der Waals surface area contributed by atoms with E-state index < -0.39 is 30.3 Å². The Bertz CT molecular complexity index is 1160. The van der Waals surface area contributed by atoms with Gasteiger partial charge < -0.3 is 25.1 Å². The van der Waals surface area contributed by atoms with E-state index in [-0.39, 0.29) is 12.1 Å². The lowest BCUT2D eigenvalue weighted by Gasteiger charge is -2.48. The van der Waals surface area contributed by atoms with E-state index in [0.717, 1.165) is 29.9 Å². The van der Waals surface area contributed by atoms with Gasteiger partial charge in [0.05, 0.1) is 11.2 Å². The molecule has 2 saturated heterocycles. The molecule has 12 heteroatoms. The normalized spacial score (nSPS) is 23.2. The summed E-state index contributed by atoms with van der Waals surface area (Å²) in [5, 5.41) is 7.31. The van der Waals surface area contributed by atoms with Gasteiger partial charge in [-0.1, -0.05) is 30.3 Å². The van der Waals surface area contributed by atoms with Crippen LogP contribution in [0.25, 0.3) is 11.1 Å². The van der Waals surface area contributed by atoms with Gasteiger partial charge >= 0.3 is 12.1 Å². The fraction of sp³-hybridized carbons (Fsp3) is 0.391. The molecule has 0 radical (unpaired) electrons. The summed E-state index contributed by atoms with van der Waals surface area (Å²) in [5.41, 5.74) is 5.11. The number of hydrogen-bond donors (Lipinski definition) is 3. The maximum atomic E-state index is 12.8. The molecule has 2 atom stereocenters. The number of amides is 1. The van der Waals surface area contributed by atoms with E-state index in [1.54, 1.807) is 11.8 Å². The number of carbonyl (C=O) groups excluding carboxylic acids is 2. The average Bonchev–Trinajstić information content (AvgIpc) is 2.80. The lowest BCUT2D eigenvalue weighted by molar-refractivity contribution is -0.265. The standard InChI is InChI=1S/C23H24F3N5O4/c1-13-20(32)29-31(35-21(33)23(24,25)26)19-10-34-18-8-15(14-6-4-3-5-7-14)16(9-17(18)30(13)19)28-22(2)11-27-12-22/h3-9,13,19,27-28H,10-12H2,1-2H3,(H,29,32). The van der Waals surface area contributed by atoms with Gasteiger partial charge in [-0.3, -0.25) is 10.2 Å². The van der Waals surface area contributed by atoms with Crippen LogP contribution in [0.15, 0.2) is 42.5 Å². The van der Waals surface area contributed by atoms with E-state index in [1.165, 1.54) is 0 Å². The average molecular weight is 491 g/mol. The van der Waals surface area contributed by atoms with Crippen molar-refractivity contribution in [3.05, 3.63) is 42.5 Å². The summed E-state index contributed by atoms with van der Waals surface area (Å²) in [5.74, 6) is -2.60. The summed E-state index contributed by atoms with van der Waals surface area (Å²) in [4.78, 5) is 30.2. The molecule has 2 unspecified atom stereocenters. The van der Waals surface area contributed by atoms with E-state index in [4.69, 9.17) is 4.74 Å². The van der Waals surface area contributed by atoms with Crippen molar-refractivity contribution < 1.29 is 32.3 Å². The van der Waals surface area contributed by atoms with Crippen LogP contribution >= 0.6 is 0 Å². The molecule has 0 spiro atoms. The second-order valence-corrected chi connectivity index (χ2v) is 9.07. The molecular formula is C23H24F3N5O4. The zero-order chi connectivity index (χ0) is 25.0. The monoisotopic (exact) mass is 491 g/mol. The van der Waals surface area contributed by atoms with Gasteiger partial charge in [0, 0.05) is 24.3 Å². The fourth-order valence-corrected chi connectivity index (χ4v) is 4.44. The van der Waals surface area contributed by atoms with Gasteiger partial charge in [0.2, 0.25) is 0 Å². The molecule has 9 nitrogen and oxygen atoms in total. The first-order valence-electron chi connectivity index (χ1n) is 11.1. The first-order valence-corrected chi connectivity index (χ1v) is 11.1. The number of fused-ring (bicyclic) bond motifs is 3. The topological polar surface area (TPSA) is 95.2 Å². The van der Waals surface area contributed by atoms with Crippen molar-refractivity contribution in [3.8, 4) is 16.9 Å². The largest absolute Gasteiger partial charge is 0.492 e. The lowest BCUT2D eigenvalue weighted by Crippen LogP contribution is -2.70. The molecule has 35 heavy (non-hydrogen) atoms. The minimum Gasteiger partial charge on any atom is -0.488 e. The molecule has 1 amide bonds. The summed E-state index contributed by atoms with van der Waals surface area (Å²) in [6, 6.07) is 12.6. The smallest absolute Gasteiger partial charge is 0.488 e. The minimum atomic E-state index is -5.22. The van der Waals surface area contributed by atoms with E-state index in [1.807, 2.05) is 42.5 Å². The molecular weight excluding hydrogens is 467 g/mol. The number of ether oxygens (including phenoxy) is 1. The molecule has 0 aromatic heterocycles. The number of nitrogens with one attached hydrogen (secondary N) is 3. The molecule has 5 rings (SSSR count). The van der Waals surface area contributed by atoms with Crippen molar-refractivity contribution in [1.82, 2.24) is 15.9 Å². The third-order valence-corrected chi connectivity index (χ3v) is 6.34. The molecule has 3 heterocycles. The van der Waals surface area contributed by atoms with Crippen molar-refractivity contribution >= 4 is 23.3 Å². The predicted octanol–water partition coefficient (Wildman–Crippen LogP) is 2.41. The van der Waals surface area contributed by atoms with Gasteiger partial charge in [0.1, 0.15) is 18.4 Å². The van der Waals surface area contributed by atoms with Crippen LogP contribution < -0.4 is 25.7 Å². The highest BCUT2D eigenvalue weighted by Crippen LogP contribution is 2.45. The number of rotatable bonds is 4. The number of nitrogens with zero attached hydrogens (tertiary/aromatic N) is 2. The number of halogens is 3. The van der Waals surface area contributed by atoms with Crippen LogP contribution in [0, 0.1) is 0 Å².